The van der Waals surface area contributed by atoms with E-state index >= 15 is 0 Å². The summed E-state index contributed by atoms with van der Waals surface area (Å²) in [5.74, 6) is -3.81. The number of halogens is 4. The lowest BCUT2D eigenvalue weighted by Gasteiger charge is -2.26. The molecule has 2 aliphatic rings. The largest absolute Gasteiger partial charge is 0.503 e. The molecule has 0 aromatic heterocycles. The summed E-state index contributed by atoms with van der Waals surface area (Å²) in [7, 11) is 0. The minimum atomic E-state index is -4.55. The third-order valence-corrected chi connectivity index (χ3v) is 6.15. The Morgan fingerprint density at radius 3 is 2.12 bits per heavy atom. The van der Waals surface area contributed by atoms with Crippen LogP contribution in [0.25, 0.3) is 0 Å². The first kappa shape index (κ1) is 25.5. The van der Waals surface area contributed by atoms with Crippen molar-refractivity contribution in [1.82, 2.24) is 0 Å². The molecule has 2 atom stereocenters. The van der Waals surface area contributed by atoms with Crippen LogP contribution in [0.4, 0.5) is 28.0 Å². The van der Waals surface area contributed by atoms with Crippen LogP contribution in [0.2, 0.25) is 0 Å². The highest BCUT2D eigenvalue weighted by molar-refractivity contribution is 5.96. The Morgan fingerprint density at radius 2 is 1.62 bits per heavy atom. The fourth-order valence-corrected chi connectivity index (χ4v) is 3.91. The van der Waals surface area contributed by atoms with Crippen molar-refractivity contribution < 1.29 is 37.4 Å². The van der Waals surface area contributed by atoms with Crippen LogP contribution < -0.4 is 5.32 Å². The second-order valence-electron chi connectivity index (χ2n) is 8.98. The van der Waals surface area contributed by atoms with E-state index in [0.29, 0.717) is 11.8 Å². The van der Waals surface area contributed by atoms with Gasteiger partial charge in [0.1, 0.15) is 5.82 Å². The number of carbonyl (C=O) groups is 2. The zero-order valence-electron chi connectivity index (χ0n) is 18.6. The monoisotopic (exact) mass is 481 g/mol. The lowest BCUT2D eigenvalue weighted by molar-refractivity contribution is -0.178. The summed E-state index contributed by atoms with van der Waals surface area (Å²) in [5, 5.41) is 16.4. The van der Waals surface area contributed by atoms with Crippen LogP contribution in [-0.4, -0.2) is 28.5 Å². The van der Waals surface area contributed by atoms with Crippen LogP contribution in [0, 0.1) is 17.7 Å². The van der Waals surface area contributed by atoms with Crippen LogP contribution in [0.15, 0.2) is 42.5 Å². The summed E-state index contributed by atoms with van der Waals surface area (Å²) in [4.78, 5) is 21.5. The average Bonchev–Trinajstić information content (AvgIpc) is 3.65. The van der Waals surface area contributed by atoms with Gasteiger partial charge in [0.05, 0.1) is 17.5 Å². The molecule has 2 aromatic rings. The fraction of sp³-hybridized carbons (Fsp3) is 0.440. The van der Waals surface area contributed by atoms with Gasteiger partial charge in [0.15, 0.2) is 0 Å². The normalized spacial score (nSPS) is 17.2. The molecule has 5 nitrogen and oxygen atoms in total. The van der Waals surface area contributed by atoms with E-state index in [2.05, 4.69) is 5.32 Å². The highest BCUT2D eigenvalue weighted by atomic mass is 19.4. The summed E-state index contributed by atoms with van der Waals surface area (Å²) in [5.41, 5.74) is 2.18. The number of rotatable bonds is 7. The first-order valence-corrected chi connectivity index (χ1v) is 11.1. The maximum Gasteiger partial charge on any atom is 0.503 e. The molecule has 0 saturated heterocycles. The van der Waals surface area contributed by atoms with Crippen molar-refractivity contribution >= 4 is 17.7 Å². The number of amides is 1. The minimum absolute atomic E-state index is 0.0628. The second-order valence-corrected chi connectivity index (χ2v) is 8.98. The van der Waals surface area contributed by atoms with Gasteiger partial charge < -0.3 is 15.5 Å². The molecular formula is C25H27F4NO4. The van der Waals surface area contributed by atoms with Crippen LogP contribution >= 0.6 is 0 Å². The average molecular weight is 481 g/mol. The Balaban J connectivity index is 0.000000751. The standard InChI is InChI=1S/C24H25F4NO.CH2O3/c1-14(24(26,27)28)22(19-9-7-18(8-10-19)17-5-6-17)23(30)29-21-13-16(4-11-20(21)25)12-15-2-3-15;2-1(3)4/h4,7-11,13-15,17,22H,2-3,5-6,12H2,1H3,(H,29,30);(H2,2,3,4)/t14-,22+;/m1./s1. The molecule has 2 fully saturated rings. The van der Waals surface area contributed by atoms with Gasteiger partial charge in [-0.05, 0) is 72.8 Å². The summed E-state index contributed by atoms with van der Waals surface area (Å²) in [6.07, 6.45) is -1.18. The maximum absolute atomic E-state index is 14.3. The van der Waals surface area contributed by atoms with E-state index in [0.717, 1.165) is 50.2 Å². The molecule has 1 amide bonds. The van der Waals surface area contributed by atoms with E-state index < -0.39 is 35.9 Å². The van der Waals surface area contributed by atoms with Crippen molar-refractivity contribution in [2.24, 2.45) is 11.8 Å². The van der Waals surface area contributed by atoms with Crippen LogP contribution in [0.3, 0.4) is 0 Å². The molecule has 0 spiro atoms. The molecule has 2 saturated carbocycles. The number of benzene rings is 2. The summed E-state index contributed by atoms with van der Waals surface area (Å²) >= 11 is 0. The molecule has 0 radical (unpaired) electrons. The van der Waals surface area contributed by atoms with Gasteiger partial charge in [-0.15, -0.1) is 0 Å². The van der Waals surface area contributed by atoms with E-state index in [1.807, 2.05) is 0 Å². The predicted octanol–water partition coefficient (Wildman–Crippen LogP) is 6.80. The third kappa shape index (κ3) is 7.20. The highest BCUT2D eigenvalue weighted by Crippen LogP contribution is 2.42. The van der Waals surface area contributed by atoms with Gasteiger partial charge in [0, 0.05) is 0 Å². The van der Waals surface area contributed by atoms with E-state index in [4.69, 9.17) is 15.0 Å². The SMILES string of the molecule is C[C@H]([C@H](C(=O)Nc1cc(CC2CC2)ccc1F)c1ccc(C2CC2)cc1)C(F)(F)F.O=C(O)O. The number of hydrogen-bond donors (Lipinski definition) is 3. The molecule has 34 heavy (non-hydrogen) atoms. The van der Waals surface area contributed by atoms with Gasteiger partial charge in [0.25, 0.3) is 0 Å². The molecular weight excluding hydrogens is 454 g/mol. The molecule has 3 N–H and O–H groups in total. The Bertz CT molecular complexity index is 1010. The Morgan fingerprint density at radius 1 is 1.03 bits per heavy atom. The van der Waals surface area contributed by atoms with Gasteiger partial charge >= 0.3 is 12.3 Å². The number of anilines is 1. The molecule has 0 aliphatic heterocycles. The molecule has 0 bridgehead atoms. The van der Waals surface area contributed by atoms with E-state index in [-0.39, 0.29) is 11.3 Å². The molecule has 4 rings (SSSR count). The summed E-state index contributed by atoms with van der Waals surface area (Å²) in [6.45, 7) is 0.999. The van der Waals surface area contributed by atoms with Crippen molar-refractivity contribution in [3.05, 3.63) is 65.0 Å². The first-order chi connectivity index (χ1) is 16.0. The molecule has 2 aliphatic carbocycles. The van der Waals surface area contributed by atoms with E-state index in [1.54, 1.807) is 30.3 Å². The second kappa shape index (κ2) is 10.4. The Labute approximate surface area is 194 Å². The van der Waals surface area contributed by atoms with Crippen LogP contribution in [0.1, 0.15) is 61.1 Å². The van der Waals surface area contributed by atoms with Crippen molar-refractivity contribution in [3.63, 3.8) is 0 Å². The lowest BCUT2D eigenvalue weighted by atomic mass is 9.85. The summed E-state index contributed by atoms with van der Waals surface area (Å²) < 4.78 is 54.9. The molecule has 0 unspecified atom stereocenters. The molecule has 9 heteroatoms. The van der Waals surface area contributed by atoms with Crippen LogP contribution in [0.5, 0.6) is 0 Å². The first-order valence-electron chi connectivity index (χ1n) is 11.1. The van der Waals surface area contributed by atoms with Gasteiger partial charge in [-0.2, -0.15) is 13.2 Å². The van der Waals surface area contributed by atoms with Gasteiger partial charge in [-0.3, -0.25) is 4.79 Å². The summed E-state index contributed by atoms with van der Waals surface area (Å²) in [6, 6.07) is 11.3. The Kier molecular flexibility index (Phi) is 7.84. The van der Waals surface area contributed by atoms with Crippen molar-refractivity contribution in [2.45, 2.75) is 57.0 Å². The minimum Gasteiger partial charge on any atom is -0.450 e. The predicted molar refractivity (Wildman–Crippen MR) is 118 cm³/mol. The van der Waals surface area contributed by atoms with Crippen LogP contribution in [-0.2, 0) is 11.2 Å². The van der Waals surface area contributed by atoms with Gasteiger partial charge in [-0.25, -0.2) is 9.18 Å². The van der Waals surface area contributed by atoms with E-state index in [9.17, 15) is 22.4 Å². The number of alkyl halides is 3. The number of carboxylic acid groups (broad SMARTS) is 2. The number of nitrogens with one attached hydrogen (secondary N) is 1. The molecule has 0 heterocycles. The van der Waals surface area contributed by atoms with E-state index in [1.165, 1.54) is 12.1 Å². The highest BCUT2D eigenvalue weighted by Gasteiger charge is 2.45. The quantitative estimate of drug-likeness (QED) is 0.380. The third-order valence-electron chi connectivity index (χ3n) is 6.15. The van der Waals surface area contributed by atoms with Crippen molar-refractivity contribution in [2.75, 3.05) is 5.32 Å². The van der Waals surface area contributed by atoms with Gasteiger partial charge in [0.2, 0.25) is 5.91 Å². The number of carbonyl (C=O) groups excluding carboxylic acids is 1. The van der Waals surface area contributed by atoms with Crippen molar-refractivity contribution in [3.8, 4) is 0 Å². The lowest BCUT2D eigenvalue weighted by Crippen LogP contribution is -2.34. The zero-order chi connectivity index (χ0) is 25.0. The topological polar surface area (TPSA) is 86.6 Å². The smallest absolute Gasteiger partial charge is 0.450 e. The number of hydrogen-bond acceptors (Lipinski definition) is 2. The zero-order valence-corrected chi connectivity index (χ0v) is 18.6. The molecule has 184 valence electrons. The van der Waals surface area contributed by atoms with Gasteiger partial charge in [-0.1, -0.05) is 37.3 Å². The maximum atomic E-state index is 14.3. The Hall–Kier alpha value is -3.10. The van der Waals surface area contributed by atoms with Crippen molar-refractivity contribution in [1.29, 1.82) is 0 Å². The fourth-order valence-electron chi connectivity index (χ4n) is 3.91. The molecule has 2 aromatic carbocycles.